The van der Waals surface area contributed by atoms with Crippen LogP contribution in [0.5, 0.6) is 0 Å². The highest BCUT2D eigenvalue weighted by molar-refractivity contribution is 6.13. The van der Waals surface area contributed by atoms with Crippen molar-refractivity contribution in [2.75, 3.05) is 22.9 Å². The predicted octanol–water partition coefficient (Wildman–Crippen LogP) is 4.20. The van der Waals surface area contributed by atoms with Crippen molar-refractivity contribution < 1.29 is 14.4 Å². The molecule has 5 heteroatoms. The summed E-state index contributed by atoms with van der Waals surface area (Å²) >= 11 is 0. The summed E-state index contributed by atoms with van der Waals surface area (Å²) in [6.07, 6.45) is 0. The minimum absolute atomic E-state index is 0.0719. The summed E-state index contributed by atoms with van der Waals surface area (Å²) in [5.41, 5.74) is 2.31. The summed E-state index contributed by atoms with van der Waals surface area (Å²) < 4.78 is 0. The van der Waals surface area contributed by atoms with Crippen molar-refractivity contribution >= 4 is 29.0 Å². The summed E-state index contributed by atoms with van der Waals surface area (Å²) in [7, 11) is 0. The fraction of sp³-hybridized carbons (Fsp3) is 0.160. The van der Waals surface area contributed by atoms with Gasteiger partial charge in [-0.25, -0.2) is 0 Å². The summed E-state index contributed by atoms with van der Waals surface area (Å²) in [5.74, 6) is -0.934. The van der Waals surface area contributed by atoms with Crippen molar-refractivity contribution in [1.82, 2.24) is 0 Å². The lowest BCUT2D eigenvalue weighted by atomic mass is 10.1. The first-order chi connectivity index (χ1) is 14.6. The van der Waals surface area contributed by atoms with Crippen LogP contribution < -0.4 is 9.80 Å². The summed E-state index contributed by atoms with van der Waals surface area (Å²) in [6.45, 7) is 1.97. The number of carbonyl (C=O) groups excluding carboxylic acids is 3. The van der Waals surface area contributed by atoms with Crippen LogP contribution in [0.4, 0.5) is 11.4 Å². The van der Waals surface area contributed by atoms with Gasteiger partial charge >= 0.3 is 0 Å². The maximum Gasteiger partial charge on any atom is 0.258 e. The van der Waals surface area contributed by atoms with E-state index in [9.17, 15) is 14.4 Å². The molecule has 30 heavy (non-hydrogen) atoms. The zero-order valence-corrected chi connectivity index (χ0v) is 16.7. The average Bonchev–Trinajstić information content (AvgIpc) is 2.90. The highest BCUT2D eigenvalue weighted by atomic mass is 16.2. The number of hydrogen-bond acceptors (Lipinski definition) is 3. The standard InChI is InChI=1S/C25H22N2O3/c1-18-16-26(25(30)20-12-6-3-7-13-20)21-14-8-9-15-22(21)27(24(18)29)17-23(28)19-10-4-2-5-11-19/h2-15,18H,16-17H2,1H3. The summed E-state index contributed by atoms with van der Waals surface area (Å²) in [6, 6.07) is 25.2. The van der Waals surface area contributed by atoms with Gasteiger partial charge in [-0.1, -0.05) is 67.6 Å². The minimum atomic E-state index is -0.450. The normalized spacial score (nSPS) is 16.0. The van der Waals surface area contributed by atoms with Crippen molar-refractivity contribution in [3.05, 3.63) is 96.1 Å². The molecule has 0 radical (unpaired) electrons. The van der Waals surface area contributed by atoms with Crippen LogP contribution >= 0.6 is 0 Å². The van der Waals surface area contributed by atoms with Gasteiger partial charge in [-0.05, 0) is 24.3 Å². The number of carbonyl (C=O) groups is 3. The van der Waals surface area contributed by atoms with Crippen LogP contribution in [0, 0.1) is 5.92 Å². The van der Waals surface area contributed by atoms with Gasteiger partial charge in [0, 0.05) is 17.7 Å². The predicted molar refractivity (Wildman–Crippen MR) is 117 cm³/mol. The van der Waals surface area contributed by atoms with E-state index in [2.05, 4.69) is 0 Å². The summed E-state index contributed by atoms with van der Waals surface area (Å²) in [4.78, 5) is 42.5. The van der Waals surface area contributed by atoms with Crippen LogP contribution in [0.1, 0.15) is 27.6 Å². The first-order valence-electron chi connectivity index (χ1n) is 9.92. The Morgan fingerprint density at radius 3 is 1.97 bits per heavy atom. The molecule has 0 N–H and O–H groups in total. The Bertz CT molecular complexity index is 1080. The minimum Gasteiger partial charge on any atom is -0.306 e. The van der Waals surface area contributed by atoms with Gasteiger partial charge < -0.3 is 9.80 Å². The monoisotopic (exact) mass is 398 g/mol. The molecule has 0 fully saturated rings. The molecule has 0 saturated carbocycles. The maximum absolute atomic E-state index is 13.2. The second kappa shape index (κ2) is 8.33. The van der Waals surface area contributed by atoms with Crippen molar-refractivity contribution in [3.63, 3.8) is 0 Å². The number of fused-ring (bicyclic) bond motifs is 1. The number of anilines is 2. The van der Waals surface area contributed by atoms with Crippen molar-refractivity contribution in [1.29, 1.82) is 0 Å². The number of Topliss-reactive ketones (excluding diaryl/α,β-unsaturated/α-hetero) is 1. The van der Waals surface area contributed by atoms with Crippen LogP contribution in [-0.4, -0.2) is 30.7 Å². The van der Waals surface area contributed by atoms with E-state index in [0.717, 1.165) is 0 Å². The molecule has 3 aromatic carbocycles. The SMILES string of the molecule is CC1CN(C(=O)c2ccccc2)c2ccccc2N(CC(=O)c2ccccc2)C1=O. The number of ketones is 1. The molecule has 1 aliphatic heterocycles. The van der Waals surface area contributed by atoms with Crippen molar-refractivity contribution in [2.45, 2.75) is 6.92 Å². The van der Waals surface area contributed by atoms with E-state index in [-0.39, 0.29) is 30.7 Å². The van der Waals surface area contributed by atoms with E-state index < -0.39 is 5.92 Å². The van der Waals surface area contributed by atoms with Crippen LogP contribution in [0.2, 0.25) is 0 Å². The van der Waals surface area contributed by atoms with E-state index in [0.29, 0.717) is 22.5 Å². The quantitative estimate of drug-likeness (QED) is 0.619. The lowest BCUT2D eigenvalue weighted by Gasteiger charge is -2.25. The molecular formula is C25H22N2O3. The molecule has 0 aliphatic carbocycles. The van der Waals surface area contributed by atoms with Gasteiger partial charge in [-0.3, -0.25) is 14.4 Å². The molecule has 4 rings (SSSR count). The first-order valence-corrected chi connectivity index (χ1v) is 9.92. The molecule has 1 unspecified atom stereocenters. The second-order valence-corrected chi connectivity index (χ2v) is 7.39. The third-order valence-electron chi connectivity index (χ3n) is 5.27. The van der Waals surface area contributed by atoms with Crippen LogP contribution in [-0.2, 0) is 4.79 Å². The van der Waals surface area contributed by atoms with E-state index in [1.165, 1.54) is 4.90 Å². The Balaban J connectivity index is 1.73. The topological polar surface area (TPSA) is 57.7 Å². The number of rotatable bonds is 4. The molecule has 1 atom stereocenters. The number of amides is 2. The number of benzene rings is 3. The molecular weight excluding hydrogens is 376 g/mol. The molecule has 1 aliphatic rings. The van der Waals surface area contributed by atoms with E-state index in [1.807, 2.05) is 42.5 Å². The lowest BCUT2D eigenvalue weighted by molar-refractivity contribution is -0.121. The molecule has 0 saturated heterocycles. The Kier molecular flexibility index (Phi) is 5.44. The van der Waals surface area contributed by atoms with Crippen molar-refractivity contribution in [2.24, 2.45) is 5.92 Å². The van der Waals surface area contributed by atoms with Gasteiger partial charge in [0.2, 0.25) is 5.91 Å². The molecule has 150 valence electrons. The van der Waals surface area contributed by atoms with Gasteiger partial charge in [0.1, 0.15) is 0 Å². The molecule has 0 aromatic heterocycles. The van der Waals surface area contributed by atoms with Gasteiger partial charge in [0.05, 0.1) is 23.8 Å². The number of para-hydroxylation sites is 2. The van der Waals surface area contributed by atoms with Crippen molar-refractivity contribution in [3.8, 4) is 0 Å². The average molecular weight is 398 g/mol. The largest absolute Gasteiger partial charge is 0.306 e. The van der Waals surface area contributed by atoms with Gasteiger partial charge in [-0.2, -0.15) is 0 Å². The number of nitrogens with zero attached hydrogens (tertiary/aromatic N) is 2. The van der Waals surface area contributed by atoms with Crippen LogP contribution in [0.25, 0.3) is 0 Å². The van der Waals surface area contributed by atoms with Gasteiger partial charge in [0.25, 0.3) is 5.91 Å². The molecule has 3 aromatic rings. The molecule has 5 nitrogen and oxygen atoms in total. The van der Waals surface area contributed by atoms with Gasteiger partial charge in [-0.15, -0.1) is 0 Å². The Hall–Kier alpha value is -3.73. The zero-order valence-electron chi connectivity index (χ0n) is 16.7. The van der Waals surface area contributed by atoms with E-state index in [4.69, 9.17) is 0 Å². The second-order valence-electron chi connectivity index (χ2n) is 7.39. The maximum atomic E-state index is 13.2. The Labute approximate surface area is 175 Å². The highest BCUT2D eigenvalue weighted by Crippen LogP contribution is 2.35. The molecule has 0 bridgehead atoms. The first kappa shape index (κ1) is 19.6. The molecule has 2 amide bonds. The number of hydrogen-bond donors (Lipinski definition) is 0. The summed E-state index contributed by atoms with van der Waals surface area (Å²) in [5, 5.41) is 0. The third-order valence-corrected chi connectivity index (χ3v) is 5.27. The van der Waals surface area contributed by atoms with Crippen LogP contribution in [0.3, 0.4) is 0 Å². The smallest absolute Gasteiger partial charge is 0.258 e. The highest BCUT2D eigenvalue weighted by Gasteiger charge is 2.34. The zero-order chi connectivity index (χ0) is 21.1. The lowest BCUT2D eigenvalue weighted by Crippen LogP contribution is -2.40. The van der Waals surface area contributed by atoms with Gasteiger partial charge in [0.15, 0.2) is 5.78 Å². The fourth-order valence-electron chi connectivity index (χ4n) is 3.71. The third kappa shape index (κ3) is 3.74. The fourth-order valence-corrected chi connectivity index (χ4v) is 3.71. The van der Waals surface area contributed by atoms with E-state index in [1.54, 1.807) is 54.3 Å². The van der Waals surface area contributed by atoms with Crippen LogP contribution in [0.15, 0.2) is 84.9 Å². The molecule has 0 spiro atoms. The van der Waals surface area contributed by atoms with E-state index >= 15 is 0 Å². The molecule has 1 heterocycles. The Morgan fingerprint density at radius 1 is 0.800 bits per heavy atom. The Morgan fingerprint density at radius 2 is 1.33 bits per heavy atom.